The van der Waals surface area contributed by atoms with Gasteiger partial charge in [0.05, 0.1) is 11.1 Å². The number of para-hydroxylation sites is 1. The van der Waals surface area contributed by atoms with E-state index in [0.717, 1.165) is 56.5 Å². The van der Waals surface area contributed by atoms with Crippen molar-refractivity contribution in [3.63, 3.8) is 0 Å². The number of benzene rings is 10. The highest BCUT2D eigenvalue weighted by Gasteiger charge is 2.52. The maximum absolute atomic E-state index is 6.38. The number of rotatable bonds is 6. The first kappa shape index (κ1) is 41.7. The van der Waals surface area contributed by atoms with Gasteiger partial charge in [0.15, 0.2) is 0 Å². The Hall–Kier alpha value is -8.20. The topological polar surface area (TPSA) is 16.4 Å². The van der Waals surface area contributed by atoms with Gasteiger partial charge in [0.25, 0.3) is 0 Å². The molecule has 11 aromatic rings. The highest BCUT2D eigenvalue weighted by Crippen LogP contribution is 2.64. The molecule has 0 N–H and O–H groups in total. The molecule has 0 fully saturated rings. The van der Waals surface area contributed by atoms with Crippen LogP contribution in [-0.4, -0.2) is 0 Å². The molecule has 1 spiro atoms. The van der Waals surface area contributed by atoms with Gasteiger partial charge >= 0.3 is 0 Å². The minimum atomic E-state index is -0.504. The van der Waals surface area contributed by atoms with Gasteiger partial charge in [0.2, 0.25) is 0 Å². The van der Waals surface area contributed by atoms with E-state index in [1.54, 1.807) is 0 Å². The summed E-state index contributed by atoms with van der Waals surface area (Å²) in [5, 5.41) is 2.28. The van der Waals surface area contributed by atoms with E-state index in [1.807, 2.05) is 6.07 Å². The second-order valence-corrected chi connectivity index (χ2v) is 21.4. The van der Waals surface area contributed by atoms with Crippen molar-refractivity contribution in [3.05, 3.63) is 258 Å². The molecule has 3 aliphatic carbocycles. The molecule has 0 saturated heterocycles. The first-order chi connectivity index (χ1) is 34.7. The third-order valence-corrected chi connectivity index (χ3v) is 16.6. The zero-order valence-corrected chi connectivity index (χ0v) is 40.6. The van der Waals surface area contributed by atoms with E-state index < -0.39 is 5.41 Å². The summed E-state index contributed by atoms with van der Waals surface area (Å²) < 4.78 is 6.38. The first-order valence-corrected chi connectivity index (χ1v) is 25.3. The van der Waals surface area contributed by atoms with Crippen molar-refractivity contribution in [2.45, 2.75) is 56.8 Å². The van der Waals surface area contributed by atoms with Crippen molar-refractivity contribution in [2.75, 3.05) is 4.90 Å². The van der Waals surface area contributed by atoms with Crippen LogP contribution in [-0.2, 0) is 16.2 Å². The van der Waals surface area contributed by atoms with Gasteiger partial charge in [-0.3, -0.25) is 0 Å². The summed E-state index contributed by atoms with van der Waals surface area (Å²) in [6.07, 6.45) is 2.32. The SMILES string of the molecule is CC1(C)CCC(C)(C)c2cc(-c3cc4c(cc3N(c3ccc(-c5ccccc5)cc3)c3ccc(-c5ccc6c(c5)oc5ccccc56)cc3)C3(c5ccccc5-c5ccccc53)c3ccccc3-4)ccc21. The van der Waals surface area contributed by atoms with E-state index in [2.05, 4.69) is 251 Å². The maximum atomic E-state index is 6.38. The summed E-state index contributed by atoms with van der Waals surface area (Å²) in [7, 11) is 0. The van der Waals surface area contributed by atoms with Crippen LogP contribution in [0, 0.1) is 0 Å². The molecule has 1 heterocycles. The van der Waals surface area contributed by atoms with Crippen molar-refractivity contribution in [1.82, 2.24) is 0 Å². The van der Waals surface area contributed by atoms with Gasteiger partial charge in [-0.1, -0.05) is 198 Å². The van der Waals surface area contributed by atoms with Crippen LogP contribution < -0.4 is 4.90 Å². The Bertz CT molecular complexity index is 3880. The Morgan fingerprint density at radius 3 is 1.46 bits per heavy atom. The molecular formula is C69H53NO. The van der Waals surface area contributed by atoms with E-state index in [0.29, 0.717) is 0 Å². The van der Waals surface area contributed by atoms with Gasteiger partial charge in [0, 0.05) is 27.7 Å². The lowest BCUT2D eigenvalue weighted by molar-refractivity contribution is 0.332. The molecule has 2 heteroatoms. The molecule has 340 valence electrons. The third-order valence-electron chi connectivity index (χ3n) is 16.6. The molecule has 14 rings (SSSR count). The number of anilines is 3. The summed E-state index contributed by atoms with van der Waals surface area (Å²) >= 11 is 0. The van der Waals surface area contributed by atoms with Crippen molar-refractivity contribution in [3.8, 4) is 55.6 Å². The Morgan fingerprint density at radius 1 is 0.324 bits per heavy atom. The minimum Gasteiger partial charge on any atom is -0.456 e. The lowest BCUT2D eigenvalue weighted by atomic mass is 9.63. The summed E-state index contributed by atoms with van der Waals surface area (Å²) in [5.41, 5.74) is 25.3. The molecular weight excluding hydrogens is 859 g/mol. The van der Waals surface area contributed by atoms with E-state index >= 15 is 0 Å². The largest absolute Gasteiger partial charge is 0.456 e. The second-order valence-electron chi connectivity index (χ2n) is 21.4. The predicted octanol–water partition coefficient (Wildman–Crippen LogP) is 18.7. The Morgan fingerprint density at radius 2 is 0.817 bits per heavy atom. The lowest BCUT2D eigenvalue weighted by Crippen LogP contribution is -2.33. The Labute approximate surface area is 416 Å². The average molecular weight is 912 g/mol. The number of hydrogen-bond donors (Lipinski definition) is 0. The van der Waals surface area contributed by atoms with Gasteiger partial charge in [-0.25, -0.2) is 0 Å². The van der Waals surface area contributed by atoms with Crippen molar-refractivity contribution >= 4 is 39.0 Å². The summed E-state index contributed by atoms with van der Waals surface area (Å²) in [6, 6.07) is 84.0. The van der Waals surface area contributed by atoms with E-state index in [1.165, 1.54) is 84.3 Å². The third kappa shape index (κ3) is 6.20. The molecule has 0 amide bonds. The van der Waals surface area contributed by atoms with Crippen LogP contribution in [0.5, 0.6) is 0 Å². The van der Waals surface area contributed by atoms with Crippen LogP contribution >= 0.6 is 0 Å². The molecule has 10 aromatic carbocycles. The molecule has 71 heavy (non-hydrogen) atoms. The van der Waals surface area contributed by atoms with Crippen molar-refractivity contribution in [2.24, 2.45) is 0 Å². The van der Waals surface area contributed by atoms with Crippen LogP contribution in [0.4, 0.5) is 17.1 Å². The second kappa shape index (κ2) is 15.4. The normalized spacial score (nSPS) is 15.3. The van der Waals surface area contributed by atoms with Crippen molar-refractivity contribution < 1.29 is 4.42 Å². The molecule has 0 saturated carbocycles. The zero-order chi connectivity index (χ0) is 47.6. The minimum absolute atomic E-state index is 0.0415. The first-order valence-electron chi connectivity index (χ1n) is 25.3. The Kier molecular flexibility index (Phi) is 9.05. The zero-order valence-electron chi connectivity index (χ0n) is 40.6. The average Bonchev–Trinajstić information content (AvgIpc) is 4.04. The molecule has 2 nitrogen and oxygen atoms in total. The van der Waals surface area contributed by atoms with Crippen molar-refractivity contribution in [1.29, 1.82) is 0 Å². The van der Waals surface area contributed by atoms with Gasteiger partial charge in [-0.2, -0.15) is 0 Å². The lowest BCUT2D eigenvalue weighted by Gasteiger charge is -2.42. The predicted molar refractivity (Wildman–Crippen MR) is 296 cm³/mol. The standard InChI is InChI=1S/C69H53NO/c1-67(2)38-39-68(3,4)63-40-48(31-37-61(63)67)56-42-57-53-20-10-14-24-60(53)69(58-22-12-8-18-51(58)52-19-9-13-23-59(52)69)62(57)43-64(56)70(49-32-26-45(27-33-49)44-16-6-5-7-17-44)50-34-28-46(29-35-50)47-30-36-55-54-21-11-15-25-65(54)71-66(55)41-47/h5-37,40-43H,38-39H2,1-4H3. The molecule has 3 aliphatic rings. The molecule has 0 aliphatic heterocycles. The van der Waals surface area contributed by atoms with E-state index in [4.69, 9.17) is 4.42 Å². The molecule has 0 atom stereocenters. The molecule has 0 unspecified atom stereocenters. The highest BCUT2D eigenvalue weighted by molar-refractivity contribution is 6.06. The van der Waals surface area contributed by atoms with E-state index in [9.17, 15) is 0 Å². The fourth-order valence-corrected chi connectivity index (χ4v) is 12.9. The summed E-state index contributed by atoms with van der Waals surface area (Å²) in [6.45, 7) is 9.73. The molecule has 0 radical (unpaired) electrons. The molecule has 0 bridgehead atoms. The van der Waals surface area contributed by atoms with Crippen LogP contribution in [0.25, 0.3) is 77.6 Å². The van der Waals surface area contributed by atoms with Crippen LogP contribution in [0.1, 0.15) is 73.9 Å². The maximum Gasteiger partial charge on any atom is 0.136 e. The van der Waals surface area contributed by atoms with Crippen LogP contribution in [0.15, 0.2) is 229 Å². The van der Waals surface area contributed by atoms with Crippen LogP contribution in [0.3, 0.4) is 0 Å². The summed E-state index contributed by atoms with van der Waals surface area (Å²) in [5.74, 6) is 0. The smallest absolute Gasteiger partial charge is 0.136 e. The van der Waals surface area contributed by atoms with Gasteiger partial charge in [0.1, 0.15) is 11.2 Å². The number of hydrogen-bond acceptors (Lipinski definition) is 2. The van der Waals surface area contributed by atoms with Crippen LogP contribution in [0.2, 0.25) is 0 Å². The quantitative estimate of drug-likeness (QED) is 0.165. The van der Waals surface area contributed by atoms with E-state index in [-0.39, 0.29) is 10.8 Å². The number of nitrogens with zero attached hydrogens (tertiary/aromatic N) is 1. The summed E-state index contributed by atoms with van der Waals surface area (Å²) in [4.78, 5) is 2.52. The monoisotopic (exact) mass is 911 g/mol. The number of fused-ring (bicyclic) bond motifs is 14. The Balaban J connectivity index is 1.03. The van der Waals surface area contributed by atoms with Gasteiger partial charge < -0.3 is 9.32 Å². The highest BCUT2D eigenvalue weighted by atomic mass is 16.3. The number of furan rings is 1. The fourth-order valence-electron chi connectivity index (χ4n) is 12.9. The van der Waals surface area contributed by atoms with Gasteiger partial charge in [-0.05, 0) is 162 Å². The fraction of sp³-hybridized carbons (Fsp3) is 0.130. The molecule has 1 aromatic heterocycles. The van der Waals surface area contributed by atoms with Gasteiger partial charge in [-0.15, -0.1) is 0 Å².